The summed E-state index contributed by atoms with van der Waals surface area (Å²) in [4.78, 5) is 53.1. The van der Waals surface area contributed by atoms with Crippen LogP contribution in [0.4, 0.5) is 17.1 Å². The fourth-order valence-electron chi connectivity index (χ4n) is 2.65. The predicted octanol–water partition coefficient (Wildman–Crippen LogP) is 3.65. The van der Waals surface area contributed by atoms with E-state index in [9.17, 15) is 19.2 Å². The van der Waals surface area contributed by atoms with E-state index in [0.717, 1.165) is 0 Å². The van der Waals surface area contributed by atoms with Gasteiger partial charge in [-0.05, 0) is 63.2 Å². The predicted molar refractivity (Wildman–Crippen MR) is 125 cm³/mol. The van der Waals surface area contributed by atoms with E-state index in [2.05, 4.69) is 46.8 Å². The van der Waals surface area contributed by atoms with Crippen molar-refractivity contribution in [3.05, 3.63) is 52.9 Å². The molecule has 1 unspecified atom stereocenters. The van der Waals surface area contributed by atoms with E-state index in [1.165, 1.54) is 6.92 Å². The Kier molecular flexibility index (Phi) is 6.68. The number of azo groups is 1. The van der Waals surface area contributed by atoms with Gasteiger partial charge in [0.05, 0.1) is 21.0 Å². The first-order valence-electron chi connectivity index (χ1n) is 9.57. The molecule has 2 aromatic carbocycles. The highest BCUT2D eigenvalue weighted by molar-refractivity contribution is 9.10. The third-order valence-corrected chi connectivity index (χ3v) is 4.73. The molecule has 4 N–H and O–H groups in total. The number of H-pyrrole nitrogens is 2. The van der Waals surface area contributed by atoms with Gasteiger partial charge in [0.25, 0.3) is 5.91 Å². The van der Waals surface area contributed by atoms with Gasteiger partial charge in [0.1, 0.15) is 0 Å². The summed E-state index contributed by atoms with van der Waals surface area (Å²) in [5.74, 6) is -1.34. The van der Waals surface area contributed by atoms with Crippen LogP contribution in [0.1, 0.15) is 20.8 Å². The lowest BCUT2D eigenvalue weighted by molar-refractivity contribution is -0.126. The van der Waals surface area contributed by atoms with Gasteiger partial charge in [-0.15, -0.1) is 0 Å². The molecule has 0 spiro atoms. The first-order valence-corrected chi connectivity index (χ1v) is 10.4. The summed E-state index contributed by atoms with van der Waals surface area (Å²) in [5.41, 5.74) is 2.13. The minimum absolute atomic E-state index is 0.206. The van der Waals surface area contributed by atoms with E-state index in [1.807, 2.05) is 0 Å². The van der Waals surface area contributed by atoms with Crippen LogP contribution in [0.5, 0.6) is 0 Å². The Morgan fingerprint density at radius 2 is 1.59 bits per heavy atom. The number of imidazole rings is 1. The Bertz CT molecular complexity index is 1250. The zero-order chi connectivity index (χ0) is 23.5. The molecule has 0 saturated carbocycles. The molecule has 0 fully saturated rings. The molecule has 0 aliphatic rings. The molecule has 166 valence electrons. The largest absolute Gasteiger partial charge is 0.325 e. The quantitative estimate of drug-likeness (QED) is 0.222. The molecule has 3 rings (SSSR count). The van der Waals surface area contributed by atoms with Crippen LogP contribution < -0.4 is 16.3 Å². The first-order chi connectivity index (χ1) is 15.0. The molecule has 0 bridgehead atoms. The summed E-state index contributed by atoms with van der Waals surface area (Å²) in [6.07, 6.45) is 0. The molecule has 3 aromatic rings. The van der Waals surface area contributed by atoms with Gasteiger partial charge in [-0.3, -0.25) is 14.4 Å². The highest BCUT2D eigenvalue weighted by atomic mass is 79.9. The topological polar surface area (TPSA) is 149 Å². The van der Waals surface area contributed by atoms with Crippen molar-refractivity contribution in [1.29, 1.82) is 0 Å². The number of alkyl halides is 1. The Morgan fingerprint density at radius 3 is 2.22 bits per heavy atom. The van der Waals surface area contributed by atoms with Gasteiger partial charge in [0.2, 0.25) is 11.9 Å². The van der Waals surface area contributed by atoms with Crippen molar-refractivity contribution in [2.75, 3.05) is 10.6 Å². The number of anilines is 2. The molecule has 0 radical (unpaired) electrons. The normalized spacial score (nSPS) is 12.6. The molecule has 1 aromatic heterocycles. The SMILES string of the molecule is CC(=O)C(N=Nc1ccc(NC(=O)C(C)(C)Br)cc1)C(=O)Nc1ccc2[nH]c(=O)[nH]c2c1. The number of hydrogen-bond acceptors (Lipinski definition) is 6. The lowest BCUT2D eigenvalue weighted by atomic mass is 10.2. The van der Waals surface area contributed by atoms with Crippen molar-refractivity contribution >= 4 is 61.6 Å². The third-order valence-electron chi connectivity index (χ3n) is 4.37. The van der Waals surface area contributed by atoms with E-state index >= 15 is 0 Å². The maximum atomic E-state index is 12.6. The van der Waals surface area contributed by atoms with Gasteiger partial charge in [-0.25, -0.2) is 4.79 Å². The van der Waals surface area contributed by atoms with E-state index in [4.69, 9.17) is 0 Å². The van der Waals surface area contributed by atoms with Crippen molar-refractivity contribution in [1.82, 2.24) is 9.97 Å². The number of ketones is 1. The summed E-state index contributed by atoms with van der Waals surface area (Å²) in [7, 11) is 0. The van der Waals surface area contributed by atoms with E-state index in [1.54, 1.807) is 56.3 Å². The molecule has 2 amide bonds. The highest BCUT2D eigenvalue weighted by Crippen LogP contribution is 2.22. The van der Waals surface area contributed by atoms with Crippen molar-refractivity contribution < 1.29 is 14.4 Å². The molecule has 0 saturated heterocycles. The number of halogens is 1. The molecule has 1 atom stereocenters. The summed E-state index contributed by atoms with van der Waals surface area (Å²) in [6.45, 7) is 4.71. The summed E-state index contributed by atoms with van der Waals surface area (Å²) in [5, 5.41) is 13.2. The average Bonchev–Trinajstić information content (AvgIpc) is 3.07. The number of carbonyl (C=O) groups is 3. The fourth-order valence-corrected chi connectivity index (χ4v) is 2.75. The molecular formula is C21H21BrN6O4. The Hall–Kier alpha value is -3.60. The Balaban J connectivity index is 1.69. The smallest absolute Gasteiger partial charge is 0.323 e. The molecule has 0 aliphatic heterocycles. The van der Waals surface area contributed by atoms with Gasteiger partial charge in [-0.1, -0.05) is 15.9 Å². The first kappa shape index (κ1) is 23.1. The number of hydrogen-bond donors (Lipinski definition) is 4. The van der Waals surface area contributed by atoms with Crippen LogP contribution in [0.3, 0.4) is 0 Å². The van der Waals surface area contributed by atoms with Crippen molar-refractivity contribution in [2.45, 2.75) is 31.1 Å². The number of amides is 2. The monoisotopic (exact) mass is 500 g/mol. The second-order valence-electron chi connectivity index (χ2n) is 7.53. The Labute approximate surface area is 191 Å². The van der Waals surface area contributed by atoms with E-state index < -0.39 is 22.1 Å². The molecule has 1 heterocycles. The lowest BCUT2D eigenvalue weighted by Gasteiger charge is -2.15. The average molecular weight is 501 g/mol. The van der Waals surface area contributed by atoms with Crippen LogP contribution in [0, 0.1) is 0 Å². The number of aromatic nitrogens is 2. The van der Waals surface area contributed by atoms with Gasteiger partial charge in [-0.2, -0.15) is 10.2 Å². The number of fused-ring (bicyclic) bond motifs is 1. The van der Waals surface area contributed by atoms with Crippen LogP contribution in [0.25, 0.3) is 11.0 Å². The molecule has 10 nitrogen and oxygen atoms in total. The van der Waals surface area contributed by atoms with Crippen LogP contribution in [0.15, 0.2) is 57.5 Å². The standard InChI is InChI=1S/C21H21BrN6O4/c1-11(29)17(18(30)23-14-8-9-15-16(10-14)26-20(32)25-15)28-27-13-6-4-12(5-7-13)24-19(31)21(2,3)22/h4-10,17H,1-3H3,(H,23,30)(H,24,31)(H2,25,26,32). The molecule has 11 heteroatoms. The van der Waals surface area contributed by atoms with Crippen LogP contribution in [-0.2, 0) is 14.4 Å². The van der Waals surface area contributed by atoms with Gasteiger partial charge in [0, 0.05) is 11.4 Å². The minimum Gasteiger partial charge on any atom is -0.325 e. The number of aromatic amines is 2. The third kappa shape index (κ3) is 5.76. The molecule has 32 heavy (non-hydrogen) atoms. The zero-order valence-electron chi connectivity index (χ0n) is 17.5. The van der Waals surface area contributed by atoms with Crippen LogP contribution in [0.2, 0.25) is 0 Å². The number of carbonyl (C=O) groups excluding carboxylic acids is 3. The number of rotatable bonds is 7. The number of Topliss-reactive ketones (excluding diaryl/α,β-unsaturated/α-hetero) is 1. The van der Waals surface area contributed by atoms with Crippen molar-refractivity contribution in [3.8, 4) is 0 Å². The van der Waals surface area contributed by atoms with Gasteiger partial charge < -0.3 is 20.6 Å². The lowest BCUT2D eigenvalue weighted by Crippen LogP contribution is -2.31. The second kappa shape index (κ2) is 9.27. The zero-order valence-corrected chi connectivity index (χ0v) is 19.1. The summed E-state index contributed by atoms with van der Waals surface area (Å²) >= 11 is 3.29. The highest BCUT2D eigenvalue weighted by Gasteiger charge is 2.24. The van der Waals surface area contributed by atoms with E-state index in [0.29, 0.717) is 28.1 Å². The van der Waals surface area contributed by atoms with Crippen molar-refractivity contribution in [2.24, 2.45) is 10.2 Å². The number of benzene rings is 2. The van der Waals surface area contributed by atoms with Crippen molar-refractivity contribution in [3.63, 3.8) is 0 Å². The van der Waals surface area contributed by atoms with Crippen LogP contribution >= 0.6 is 15.9 Å². The molecule has 0 aliphatic carbocycles. The second-order valence-corrected chi connectivity index (χ2v) is 9.51. The minimum atomic E-state index is -1.34. The Morgan fingerprint density at radius 1 is 0.969 bits per heavy atom. The summed E-state index contributed by atoms with van der Waals surface area (Å²) < 4.78 is -0.714. The van der Waals surface area contributed by atoms with Gasteiger partial charge >= 0.3 is 5.69 Å². The fraction of sp³-hybridized carbons (Fsp3) is 0.238. The molecular weight excluding hydrogens is 480 g/mol. The van der Waals surface area contributed by atoms with Gasteiger partial charge in [0.15, 0.2) is 5.78 Å². The number of nitrogens with zero attached hydrogens (tertiary/aromatic N) is 2. The maximum absolute atomic E-state index is 12.6. The van der Waals surface area contributed by atoms with Crippen LogP contribution in [-0.4, -0.2) is 37.9 Å². The van der Waals surface area contributed by atoms with E-state index in [-0.39, 0.29) is 11.6 Å². The maximum Gasteiger partial charge on any atom is 0.323 e. The number of nitrogens with one attached hydrogen (secondary N) is 4. The summed E-state index contributed by atoms with van der Waals surface area (Å²) in [6, 6.07) is 9.94.